The van der Waals surface area contributed by atoms with E-state index < -0.39 is 0 Å². The number of hydrogen-bond acceptors (Lipinski definition) is 2. The largest absolute Gasteiger partial charge is 0.376 e. The van der Waals surface area contributed by atoms with Gasteiger partial charge in [0.05, 0.1) is 6.54 Å². The fourth-order valence-corrected chi connectivity index (χ4v) is 1.04. The molecule has 14 heavy (non-hydrogen) atoms. The van der Waals surface area contributed by atoms with Crippen LogP contribution in [-0.4, -0.2) is 30.9 Å². The summed E-state index contributed by atoms with van der Waals surface area (Å²) < 4.78 is 0. The topological polar surface area (TPSA) is 32.3 Å². The van der Waals surface area contributed by atoms with Crippen LogP contribution < -0.4 is 5.32 Å². The summed E-state index contributed by atoms with van der Waals surface area (Å²) in [7, 11) is 1.80. The van der Waals surface area contributed by atoms with Gasteiger partial charge in [0.2, 0.25) is 5.91 Å². The Morgan fingerprint density at radius 1 is 1.36 bits per heavy atom. The van der Waals surface area contributed by atoms with Gasteiger partial charge in [-0.1, -0.05) is 18.2 Å². The highest BCUT2D eigenvalue weighted by Gasteiger charge is 2.04. The van der Waals surface area contributed by atoms with E-state index in [1.165, 1.54) is 0 Å². The Labute approximate surface area is 84.7 Å². The van der Waals surface area contributed by atoms with Crippen LogP contribution in [0.4, 0.5) is 5.69 Å². The molecule has 3 nitrogen and oxygen atoms in total. The minimum Gasteiger partial charge on any atom is -0.376 e. The Kier molecular flexibility index (Phi) is 3.98. The van der Waals surface area contributed by atoms with Crippen LogP contribution in [-0.2, 0) is 4.79 Å². The van der Waals surface area contributed by atoms with Crippen molar-refractivity contribution in [2.45, 2.75) is 6.92 Å². The molecule has 0 heterocycles. The summed E-state index contributed by atoms with van der Waals surface area (Å²) in [6.45, 7) is 3.06. The van der Waals surface area contributed by atoms with E-state index in [4.69, 9.17) is 0 Å². The molecule has 0 aromatic heterocycles. The van der Waals surface area contributed by atoms with Gasteiger partial charge in [0.25, 0.3) is 0 Å². The maximum absolute atomic E-state index is 11.4. The number of anilines is 1. The first-order valence-corrected chi connectivity index (χ1v) is 4.77. The fourth-order valence-electron chi connectivity index (χ4n) is 1.04. The number of carbonyl (C=O) groups is 1. The summed E-state index contributed by atoms with van der Waals surface area (Å²) in [5, 5.41) is 3.07. The van der Waals surface area contributed by atoms with Gasteiger partial charge in [-0.2, -0.15) is 0 Å². The maximum atomic E-state index is 11.4. The van der Waals surface area contributed by atoms with Crippen molar-refractivity contribution in [2.75, 3.05) is 25.5 Å². The second-order valence-corrected chi connectivity index (χ2v) is 3.13. The molecule has 0 fully saturated rings. The monoisotopic (exact) mass is 192 g/mol. The van der Waals surface area contributed by atoms with Crippen molar-refractivity contribution in [3.8, 4) is 0 Å². The normalized spacial score (nSPS) is 9.57. The second-order valence-electron chi connectivity index (χ2n) is 3.13. The van der Waals surface area contributed by atoms with Gasteiger partial charge in [-0.15, -0.1) is 0 Å². The summed E-state index contributed by atoms with van der Waals surface area (Å²) in [5.74, 6) is 0.108. The molecule has 1 aromatic carbocycles. The van der Waals surface area contributed by atoms with Crippen molar-refractivity contribution in [2.24, 2.45) is 0 Å². The number of benzene rings is 1. The Morgan fingerprint density at radius 2 is 2.00 bits per heavy atom. The van der Waals surface area contributed by atoms with Gasteiger partial charge in [0, 0.05) is 19.3 Å². The van der Waals surface area contributed by atoms with E-state index in [1.807, 2.05) is 37.3 Å². The third kappa shape index (κ3) is 3.09. The van der Waals surface area contributed by atoms with E-state index in [1.54, 1.807) is 11.9 Å². The Balaban J connectivity index is 2.38. The molecule has 76 valence electrons. The van der Waals surface area contributed by atoms with Crippen molar-refractivity contribution < 1.29 is 4.79 Å². The molecule has 0 spiro atoms. The third-order valence-electron chi connectivity index (χ3n) is 2.12. The quantitative estimate of drug-likeness (QED) is 0.785. The van der Waals surface area contributed by atoms with Gasteiger partial charge in [0.1, 0.15) is 0 Å². The summed E-state index contributed by atoms with van der Waals surface area (Å²) in [6.07, 6.45) is 0. The van der Waals surface area contributed by atoms with Crippen LogP contribution in [0.3, 0.4) is 0 Å². The van der Waals surface area contributed by atoms with Gasteiger partial charge in [-0.3, -0.25) is 4.79 Å². The van der Waals surface area contributed by atoms with E-state index in [0.717, 1.165) is 12.2 Å². The molecule has 0 atom stereocenters. The molecule has 0 radical (unpaired) electrons. The zero-order valence-electron chi connectivity index (χ0n) is 8.66. The first kappa shape index (κ1) is 10.6. The Hall–Kier alpha value is -1.51. The number of hydrogen-bond donors (Lipinski definition) is 1. The molecule has 1 rings (SSSR count). The minimum atomic E-state index is 0.108. The number of nitrogens with one attached hydrogen (secondary N) is 1. The van der Waals surface area contributed by atoms with E-state index in [9.17, 15) is 4.79 Å². The van der Waals surface area contributed by atoms with Crippen LogP contribution in [0.25, 0.3) is 0 Å². The second kappa shape index (κ2) is 5.27. The Bertz CT molecular complexity index is 285. The molecule has 0 unspecified atom stereocenters. The summed E-state index contributed by atoms with van der Waals surface area (Å²) in [6, 6.07) is 9.72. The first-order valence-electron chi connectivity index (χ1n) is 4.77. The maximum Gasteiger partial charge on any atom is 0.241 e. The average molecular weight is 192 g/mol. The van der Waals surface area contributed by atoms with Gasteiger partial charge in [-0.05, 0) is 19.1 Å². The van der Waals surface area contributed by atoms with Crippen molar-refractivity contribution in [3.63, 3.8) is 0 Å². The molecule has 1 N–H and O–H groups in total. The predicted molar refractivity (Wildman–Crippen MR) is 58.2 cm³/mol. The highest BCUT2D eigenvalue weighted by atomic mass is 16.2. The Morgan fingerprint density at radius 3 is 2.57 bits per heavy atom. The highest BCUT2D eigenvalue weighted by molar-refractivity contribution is 5.80. The van der Waals surface area contributed by atoms with Crippen LogP contribution in [0.5, 0.6) is 0 Å². The molecule has 0 saturated carbocycles. The number of para-hydroxylation sites is 1. The number of likely N-dealkylation sites (N-methyl/N-ethyl adjacent to an activating group) is 1. The molecular formula is C11H16N2O. The smallest absolute Gasteiger partial charge is 0.241 e. The van der Waals surface area contributed by atoms with E-state index in [2.05, 4.69) is 5.32 Å². The summed E-state index contributed by atoms with van der Waals surface area (Å²) in [4.78, 5) is 13.1. The van der Waals surface area contributed by atoms with E-state index >= 15 is 0 Å². The molecule has 1 aromatic rings. The van der Waals surface area contributed by atoms with Crippen LogP contribution in [0.15, 0.2) is 30.3 Å². The van der Waals surface area contributed by atoms with Crippen LogP contribution in [0.2, 0.25) is 0 Å². The molecule has 0 bridgehead atoms. The van der Waals surface area contributed by atoms with Crippen LogP contribution in [0.1, 0.15) is 6.92 Å². The van der Waals surface area contributed by atoms with Gasteiger partial charge in [0.15, 0.2) is 0 Å². The van der Waals surface area contributed by atoms with Gasteiger partial charge >= 0.3 is 0 Å². The molecule has 0 aliphatic heterocycles. The van der Waals surface area contributed by atoms with Crippen molar-refractivity contribution >= 4 is 11.6 Å². The zero-order chi connectivity index (χ0) is 10.4. The standard InChI is InChI=1S/C11H16N2O/c1-3-13(2)11(14)9-12-10-7-5-4-6-8-10/h4-8,12H,3,9H2,1-2H3. The SMILES string of the molecule is CCN(C)C(=O)CNc1ccccc1. The lowest BCUT2D eigenvalue weighted by Gasteiger charge is -2.15. The first-order chi connectivity index (χ1) is 6.74. The van der Waals surface area contributed by atoms with E-state index in [-0.39, 0.29) is 5.91 Å². The van der Waals surface area contributed by atoms with Gasteiger partial charge < -0.3 is 10.2 Å². The number of amides is 1. The molecule has 0 saturated heterocycles. The van der Waals surface area contributed by atoms with Crippen molar-refractivity contribution in [3.05, 3.63) is 30.3 Å². The fraction of sp³-hybridized carbons (Fsp3) is 0.364. The average Bonchev–Trinajstić information content (AvgIpc) is 2.26. The number of rotatable bonds is 4. The van der Waals surface area contributed by atoms with E-state index in [0.29, 0.717) is 6.54 Å². The molecule has 0 aliphatic carbocycles. The third-order valence-corrected chi connectivity index (χ3v) is 2.12. The van der Waals surface area contributed by atoms with Crippen LogP contribution in [0, 0.1) is 0 Å². The predicted octanol–water partition coefficient (Wildman–Crippen LogP) is 1.58. The molecule has 1 amide bonds. The van der Waals surface area contributed by atoms with Crippen molar-refractivity contribution in [1.29, 1.82) is 0 Å². The van der Waals surface area contributed by atoms with Crippen LogP contribution >= 0.6 is 0 Å². The number of nitrogens with zero attached hydrogens (tertiary/aromatic N) is 1. The zero-order valence-corrected chi connectivity index (χ0v) is 8.66. The number of carbonyl (C=O) groups excluding carboxylic acids is 1. The summed E-state index contributed by atoms with van der Waals surface area (Å²) in [5.41, 5.74) is 0.977. The molecular weight excluding hydrogens is 176 g/mol. The lowest BCUT2D eigenvalue weighted by atomic mass is 10.3. The highest BCUT2D eigenvalue weighted by Crippen LogP contribution is 2.03. The lowest BCUT2D eigenvalue weighted by Crippen LogP contribution is -2.31. The summed E-state index contributed by atoms with van der Waals surface area (Å²) >= 11 is 0. The minimum absolute atomic E-state index is 0.108. The molecule has 0 aliphatic rings. The van der Waals surface area contributed by atoms with Gasteiger partial charge in [-0.25, -0.2) is 0 Å². The van der Waals surface area contributed by atoms with Crippen molar-refractivity contribution in [1.82, 2.24) is 4.90 Å². The molecule has 3 heteroatoms. The lowest BCUT2D eigenvalue weighted by molar-refractivity contribution is -0.127.